The summed E-state index contributed by atoms with van der Waals surface area (Å²) in [5.74, 6) is 1.67. The molecule has 3 nitrogen and oxygen atoms in total. The summed E-state index contributed by atoms with van der Waals surface area (Å²) >= 11 is 0. The lowest BCUT2D eigenvalue weighted by Gasteiger charge is -2.27. The fourth-order valence-corrected chi connectivity index (χ4v) is 10.9. The highest BCUT2D eigenvalue weighted by Gasteiger charge is 2.24. The maximum absolute atomic E-state index is 6.95. The third kappa shape index (κ3) is 6.29. The Morgan fingerprint density at radius 3 is 1.43 bits per heavy atom. The highest BCUT2D eigenvalue weighted by atomic mass is 16.5. The van der Waals surface area contributed by atoms with Gasteiger partial charge in [0, 0.05) is 44.3 Å². The number of hydrogen-bond donors (Lipinski definition) is 0. The number of benzene rings is 11. The van der Waals surface area contributed by atoms with Gasteiger partial charge in [-0.1, -0.05) is 188 Å². The quantitative estimate of drug-likeness (QED) is 0.176. The van der Waals surface area contributed by atoms with Gasteiger partial charge in [0.05, 0.1) is 0 Å². The predicted octanol–water partition coefficient (Wildman–Crippen LogP) is 19.1. The van der Waals surface area contributed by atoms with Gasteiger partial charge >= 0.3 is 0 Å². The molecule has 1 aromatic heterocycles. The number of fused-ring (bicyclic) bond motifs is 19. The molecule has 0 radical (unpaired) electrons. The largest absolute Gasteiger partial charge is 0.456 e. The van der Waals surface area contributed by atoms with Gasteiger partial charge in [0.2, 0.25) is 0 Å². The monoisotopic (exact) mass is 879 g/mol. The summed E-state index contributed by atoms with van der Waals surface area (Å²) in [4.78, 5) is 2.39. The van der Waals surface area contributed by atoms with Crippen LogP contribution in [0.25, 0.3) is 109 Å². The molecular formula is C66H41NO2. The molecule has 0 saturated carbocycles. The first-order valence-electron chi connectivity index (χ1n) is 23.6. The Morgan fingerprint density at radius 1 is 0.261 bits per heavy atom. The average molecular weight is 880 g/mol. The van der Waals surface area contributed by atoms with Crippen LogP contribution in [0.1, 0.15) is 0 Å². The van der Waals surface area contributed by atoms with Crippen molar-refractivity contribution < 1.29 is 9.15 Å². The molecule has 0 unspecified atom stereocenters. The van der Waals surface area contributed by atoms with E-state index in [0.29, 0.717) is 0 Å². The first kappa shape index (κ1) is 39.0. The van der Waals surface area contributed by atoms with Crippen molar-refractivity contribution in [2.75, 3.05) is 4.90 Å². The summed E-state index contributed by atoms with van der Waals surface area (Å²) in [6.07, 6.45) is 0. The standard InChI is InChI=1S/C66H41NO2/c1-2-16-42(17-3-1)43-30-32-44(33-31-43)67(46-35-39-64-61(41-46)53-24-9-7-21-50(53)55-25-12-14-28-62(55)68-64)45-34-36-54-58-37-38-59-56-26-13-15-29-63(56)69-66(59)65(58)57-27-11-10-22-51(57)48-19-5-4-18-47(48)49-20-6-8-23-52(49)60(54)40-45/h1-41H. The van der Waals surface area contributed by atoms with E-state index in [9.17, 15) is 0 Å². The molecule has 0 bridgehead atoms. The molecule has 0 fully saturated rings. The van der Waals surface area contributed by atoms with Gasteiger partial charge in [-0.05, 0) is 131 Å². The molecule has 13 aromatic rings. The second kappa shape index (κ2) is 15.7. The summed E-state index contributed by atoms with van der Waals surface area (Å²) < 4.78 is 13.7. The van der Waals surface area contributed by atoms with Crippen LogP contribution in [-0.4, -0.2) is 0 Å². The second-order valence-corrected chi connectivity index (χ2v) is 17.9. The molecule has 322 valence electrons. The lowest BCUT2D eigenvalue weighted by Crippen LogP contribution is -2.10. The van der Waals surface area contributed by atoms with Crippen LogP contribution in [0.4, 0.5) is 17.1 Å². The Balaban J connectivity index is 1.10. The molecule has 69 heavy (non-hydrogen) atoms. The van der Waals surface area contributed by atoms with Gasteiger partial charge in [0.1, 0.15) is 22.7 Å². The van der Waals surface area contributed by atoms with Crippen molar-refractivity contribution in [3.05, 3.63) is 249 Å². The normalized spacial score (nSPS) is 11.9. The van der Waals surface area contributed by atoms with Gasteiger partial charge in [-0.3, -0.25) is 0 Å². The van der Waals surface area contributed by atoms with Gasteiger partial charge in [0.15, 0.2) is 0 Å². The number of furan rings is 1. The van der Waals surface area contributed by atoms with Gasteiger partial charge in [-0.25, -0.2) is 0 Å². The number of anilines is 3. The van der Waals surface area contributed by atoms with E-state index in [4.69, 9.17) is 9.15 Å². The van der Waals surface area contributed by atoms with Crippen LogP contribution < -0.4 is 9.64 Å². The Labute approximate surface area is 398 Å². The summed E-state index contributed by atoms with van der Waals surface area (Å²) in [6.45, 7) is 0. The van der Waals surface area contributed by atoms with Gasteiger partial charge < -0.3 is 14.1 Å². The van der Waals surface area contributed by atoms with Crippen molar-refractivity contribution >= 4 is 92.9 Å². The highest BCUT2D eigenvalue weighted by molar-refractivity contribution is 6.31. The maximum atomic E-state index is 6.95. The molecule has 0 amide bonds. The first-order chi connectivity index (χ1) is 34.2. The van der Waals surface area contributed by atoms with Gasteiger partial charge in [-0.15, -0.1) is 0 Å². The molecule has 12 aromatic carbocycles. The van der Waals surface area contributed by atoms with Crippen LogP contribution in [0.2, 0.25) is 0 Å². The Bertz CT molecular complexity index is 4280. The van der Waals surface area contributed by atoms with E-state index in [1.54, 1.807) is 0 Å². The summed E-state index contributed by atoms with van der Waals surface area (Å²) in [7, 11) is 0. The zero-order chi connectivity index (χ0) is 45.4. The summed E-state index contributed by atoms with van der Waals surface area (Å²) in [5, 5.41) is 13.6. The molecule has 0 spiro atoms. The van der Waals surface area contributed by atoms with E-state index in [1.807, 2.05) is 6.07 Å². The summed E-state index contributed by atoms with van der Waals surface area (Å²) in [5.41, 5.74) is 11.6. The molecular weight excluding hydrogens is 839 g/mol. The fraction of sp³-hybridized carbons (Fsp3) is 0. The van der Waals surface area contributed by atoms with Crippen molar-refractivity contribution in [1.29, 1.82) is 0 Å². The van der Waals surface area contributed by atoms with Crippen LogP contribution in [0.5, 0.6) is 11.5 Å². The zero-order valence-electron chi connectivity index (χ0n) is 37.4. The SMILES string of the molecule is c1ccc(-c2ccc(N(c3ccc4c(c3)-c3ccccc3-c3ccccc3O4)c3ccc4c(c3)c3ccccc3c3ccccc3c3ccccc3c3c4ccc4c5ccccc5oc43)cc2)cc1. The predicted molar refractivity (Wildman–Crippen MR) is 290 cm³/mol. The van der Waals surface area contributed by atoms with Crippen molar-refractivity contribution in [1.82, 2.24) is 0 Å². The van der Waals surface area contributed by atoms with E-state index >= 15 is 0 Å². The summed E-state index contributed by atoms with van der Waals surface area (Å²) in [6, 6.07) is 89.7. The lowest BCUT2D eigenvalue weighted by molar-refractivity contribution is 0.488. The lowest BCUT2D eigenvalue weighted by atomic mass is 9.93. The number of rotatable bonds is 4. The minimum Gasteiger partial charge on any atom is -0.456 e. The van der Waals surface area contributed by atoms with Crippen LogP contribution in [0.15, 0.2) is 253 Å². The van der Waals surface area contributed by atoms with Gasteiger partial charge in [-0.2, -0.15) is 0 Å². The zero-order valence-corrected chi connectivity index (χ0v) is 37.4. The van der Waals surface area contributed by atoms with E-state index in [1.165, 1.54) is 27.1 Å². The molecule has 0 aliphatic carbocycles. The molecule has 1 aliphatic heterocycles. The topological polar surface area (TPSA) is 25.6 Å². The van der Waals surface area contributed by atoms with Crippen molar-refractivity contribution in [2.45, 2.75) is 0 Å². The molecule has 1 aliphatic rings. The third-order valence-corrected chi connectivity index (χ3v) is 14.1. The van der Waals surface area contributed by atoms with Crippen LogP contribution >= 0.6 is 0 Å². The van der Waals surface area contributed by atoms with E-state index in [0.717, 1.165) is 111 Å². The average Bonchev–Trinajstić information content (AvgIpc) is 3.74. The Morgan fingerprint density at radius 2 is 0.710 bits per heavy atom. The minimum atomic E-state index is 0.822. The third-order valence-electron chi connectivity index (χ3n) is 14.1. The van der Waals surface area contributed by atoms with Crippen LogP contribution in [-0.2, 0) is 0 Å². The van der Waals surface area contributed by atoms with Crippen LogP contribution in [0.3, 0.4) is 0 Å². The van der Waals surface area contributed by atoms with E-state index < -0.39 is 0 Å². The van der Waals surface area contributed by atoms with Crippen molar-refractivity contribution in [2.24, 2.45) is 0 Å². The molecule has 14 rings (SSSR count). The number of nitrogens with zero attached hydrogens (tertiary/aromatic N) is 1. The number of hydrogen-bond acceptors (Lipinski definition) is 3. The Kier molecular flexibility index (Phi) is 8.90. The van der Waals surface area contributed by atoms with E-state index in [-0.39, 0.29) is 0 Å². The molecule has 2 heterocycles. The smallest absolute Gasteiger partial charge is 0.143 e. The van der Waals surface area contributed by atoms with E-state index in [2.05, 4.69) is 248 Å². The fourth-order valence-electron chi connectivity index (χ4n) is 10.9. The number of ether oxygens (including phenoxy) is 1. The highest BCUT2D eigenvalue weighted by Crippen LogP contribution is 2.50. The second-order valence-electron chi connectivity index (χ2n) is 17.9. The Hall–Kier alpha value is -9.18. The van der Waals surface area contributed by atoms with Gasteiger partial charge in [0.25, 0.3) is 0 Å². The molecule has 0 atom stereocenters. The van der Waals surface area contributed by atoms with Crippen molar-refractivity contribution in [3.8, 4) is 44.9 Å². The maximum Gasteiger partial charge on any atom is 0.143 e. The molecule has 0 saturated heterocycles. The molecule has 0 N–H and O–H groups in total. The van der Waals surface area contributed by atoms with Crippen molar-refractivity contribution in [3.63, 3.8) is 0 Å². The number of para-hydroxylation sites is 2. The first-order valence-corrected chi connectivity index (χ1v) is 23.6. The van der Waals surface area contributed by atoms with Crippen LogP contribution in [0, 0.1) is 0 Å². The minimum absolute atomic E-state index is 0.822. The molecule has 3 heteroatoms.